The molecule has 1 aliphatic heterocycles. The minimum atomic E-state index is -0.766. The van der Waals surface area contributed by atoms with E-state index in [-0.39, 0.29) is 24.2 Å². The van der Waals surface area contributed by atoms with Crippen molar-refractivity contribution >= 4 is 11.9 Å². The summed E-state index contributed by atoms with van der Waals surface area (Å²) >= 11 is 0. The third-order valence-electron chi connectivity index (χ3n) is 3.09. The van der Waals surface area contributed by atoms with E-state index in [0.29, 0.717) is 6.54 Å². The minimum Gasteiger partial charge on any atom is -0.481 e. The largest absolute Gasteiger partial charge is 0.481 e. The molecular formula is C11H19NO3. The molecule has 4 heteroatoms. The molecule has 1 rings (SSSR count). The molecule has 2 unspecified atom stereocenters. The van der Waals surface area contributed by atoms with Crippen LogP contribution < -0.4 is 0 Å². The van der Waals surface area contributed by atoms with Gasteiger partial charge in [-0.1, -0.05) is 13.8 Å². The van der Waals surface area contributed by atoms with Gasteiger partial charge in [0.15, 0.2) is 0 Å². The SMILES string of the molecule is CCC(C)C(=O)N1CCC(CC(=O)O)C1. The molecule has 1 amide bonds. The Labute approximate surface area is 90.3 Å². The zero-order valence-electron chi connectivity index (χ0n) is 9.40. The van der Waals surface area contributed by atoms with Gasteiger partial charge in [0.05, 0.1) is 0 Å². The lowest BCUT2D eigenvalue weighted by atomic mass is 10.1. The van der Waals surface area contributed by atoms with E-state index in [0.717, 1.165) is 19.4 Å². The number of hydrogen-bond donors (Lipinski definition) is 1. The summed E-state index contributed by atoms with van der Waals surface area (Å²) in [6, 6.07) is 0. The first-order valence-electron chi connectivity index (χ1n) is 5.55. The van der Waals surface area contributed by atoms with E-state index in [4.69, 9.17) is 5.11 Å². The highest BCUT2D eigenvalue weighted by atomic mass is 16.4. The van der Waals surface area contributed by atoms with Crippen molar-refractivity contribution in [1.29, 1.82) is 0 Å². The fourth-order valence-corrected chi connectivity index (χ4v) is 1.93. The molecule has 1 fully saturated rings. The van der Waals surface area contributed by atoms with Crippen molar-refractivity contribution in [2.45, 2.75) is 33.1 Å². The number of carbonyl (C=O) groups excluding carboxylic acids is 1. The van der Waals surface area contributed by atoms with Crippen LogP contribution >= 0.6 is 0 Å². The van der Waals surface area contributed by atoms with Crippen LogP contribution in [-0.4, -0.2) is 35.0 Å². The van der Waals surface area contributed by atoms with Crippen LogP contribution in [0.5, 0.6) is 0 Å². The van der Waals surface area contributed by atoms with Crippen LogP contribution in [0.4, 0.5) is 0 Å². The summed E-state index contributed by atoms with van der Waals surface area (Å²) in [5.74, 6) is -0.382. The molecule has 1 heterocycles. The maximum Gasteiger partial charge on any atom is 0.303 e. The number of carboxylic acid groups (broad SMARTS) is 1. The van der Waals surface area contributed by atoms with E-state index < -0.39 is 5.97 Å². The first-order valence-corrected chi connectivity index (χ1v) is 5.55. The molecule has 1 N–H and O–H groups in total. The van der Waals surface area contributed by atoms with Gasteiger partial charge in [-0.3, -0.25) is 9.59 Å². The second-order valence-corrected chi connectivity index (χ2v) is 4.35. The van der Waals surface area contributed by atoms with Crippen molar-refractivity contribution in [1.82, 2.24) is 4.90 Å². The lowest BCUT2D eigenvalue weighted by molar-refractivity contribution is -0.139. The van der Waals surface area contributed by atoms with Crippen LogP contribution in [0, 0.1) is 11.8 Å². The molecule has 0 aromatic rings. The Morgan fingerprint density at radius 3 is 2.73 bits per heavy atom. The van der Waals surface area contributed by atoms with Crippen molar-refractivity contribution in [3.05, 3.63) is 0 Å². The highest BCUT2D eigenvalue weighted by Crippen LogP contribution is 2.21. The molecule has 2 atom stereocenters. The Bertz CT molecular complexity index is 252. The zero-order valence-corrected chi connectivity index (χ0v) is 9.40. The Hall–Kier alpha value is -1.06. The maximum absolute atomic E-state index is 11.8. The van der Waals surface area contributed by atoms with Gasteiger partial charge < -0.3 is 10.0 Å². The average Bonchev–Trinajstić information content (AvgIpc) is 2.63. The van der Waals surface area contributed by atoms with Crippen LogP contribution in [0.3, 0.4) is 0 Å². The second kappa shape index (κ2) is 5.14. The van der Waals surface area contributed by atoms with E-state index in [1.807, 2.05) is 18.7 Å². The summed E-state index contributed by atoms with van der Waals surface area (Å²) in [7, 11) is 0. The number of carbonyl (C=O) groups is 2. The number of aliphatic carboxylic acids is 1. The number of likely N-dealkylation sites (tertiary alicyclic amines) is 1. The molecule has 0 aromatic heterocycles. The molecule has 1 aliphatic rings. The van der Waals surface area contributed by atoms with Crippen molar-refractivity contribution in [3.63, 3.8) is 0 Å². The minimum absolute atomic E-state index is 0.0635. The molecule has 1 saturated heterocycles. The summed E-state index contributed by atoms with van der Waals surface area (Å²) in [6.07, 6.45) is 1.86. The Kier molecular flexibility index (Phi) is 4.12. The number of amides is 1. The molecular weight excluding hydrogens is 194 g/mol. The highest BCUT2D eigenvalue weighted by molar-refractivity contribution is 5.78. The van der Waals surface area contributed by atoms with Gasteiger partial charge in [0, 0.05) is 25.4 Å². The molecule has 0 aromatic carbocycles. The fraction of sp³-hybridized carbons (Fsp3) is 0.818. The summed E-state index contributed by atoms with van der Waals surface area (Å²) in [5, 5.41) is 8.65. The van der Waals surface area contributed by atoms with Gasteiger partial charge in [-0.25, -0.2) is 0 Å². The smallest absolute Gasteiger partial charge is 0.303 e. The second-order valence-electron chi connectivity index (χ2n) is 4.35. The summed E-state index contributed by atoms with van der Waals surface area (Å²) in [4.78, 5) is 24.1. The van der Waals surface area contributed by atoms with Crippen LogP contribution in [0.15, 0.2) is 0 Å². The molecule has 0 bridgehead atoms. The number of rotatable bonds is 4. The fourth-order valence-electron chi connectivity index (χ4n) is 1.93. The molecule has 4 nitrogen and oxygen atoms in total. The highest BCUT2D eigenvalue weighted by Gasteiger charge is 2.29. The average molecular weight is 213 g/mol. The van der Waals surface area contributed by atoms with Crippen molar-refractivity contribution in [2.24, 2.45) is 11.8 Å². The van der Waals surface area contributed by atoms with Crippen LogP contribution in [0.1, 0.15) is 33.1 Å². The van der Waals surface area contributed by atoms with E-state index >= 15 is 0 Å². The van der Waals surface area contributed by atoms with Crippen LogP contribution in [0.25, 0.3) is 0 Å². The van der Waals surface area contributed by atoms with Gasteiger partial charge >= 0.3 is 5.97 Å². The van der Waals surface area contributed by atoms with Crippen LogP contribution in [0.2, 0.25) is 0 Å². The van der Waals surface area contributed by atoms with Crippen molar-refractivity contribution in [2.75, 3.05) is 13.1 Å². The quantitative estimate of drug-likeness (QED) is 0.767. The predicted molar refractivity (Wildman–Crippen MR) is 56.4 cm³/mol. The third-order valence-corrected chi connectivity index (χ3v) is 3.09. The standard InChI is InChI=1S/C11H19NO3/c1-3-8(2)11(15)12-5-4-9(7-12)6-10(13)14/h8-9H,3-7H2,1-2H3,(H,13,14). The number of nitrogens with zero attached hydrogens (tertiary/aromatic N) is 1. The van der Waals surface area contributed by atoms with Gasteiger partial charge in [-0.2, -0.15) is 0 Å². The Morgan fingerprint density at radius 2 is 2.20 bits per heavy atom. The molecule has 86 valence electrons. The van der Waals surface area contributed by atoms with E-state index in [1.165, 1.54) is 0 Å². The van der Waals surface area contributed by atoms with Gasteiger partial charge in [0.1, 0.15) is 0 Å². The van der Waals surface area contributed by atoms with Gasteiger partial charge in [-0.15, -0.1) is 0 Å². The first kappa shape index (κ1) is 12.0. The van der Waals surface area contributed by atoms with Gasteiger partial charge in [0.2, 0.25) is 5.91 Å². The lowest BCUT2D eigenvalue weighted by Gasteiger charge is -2.19. The molecule has 0 spiro atoms. The van der Waals surface area contributed by atoms with E-state index in [1.54, 1.807) is 0 Å². The normalized spacial score (nSPS) is 22.8. The zero-order chi connectivity index (χ0) is 11.4. The molecule has 0 aliphatic carbocycles. The number of carboxylic acids is 1. The summed E-state index contributed by atoms with van der Waals surface area (Å²) in [6.45, 7) is 5.26. The van der Waals surface area contributed by atoms with Crippen LogP contribution in [-0.2, 0) is 9.59 Å². The monoisotopic (exact) mass is 213 g/mol. The number of hydrogen-bond acceptors (Lipinski definition) is 2. The maximum atomic E-state index is 11.8. The summed E-state index contributed by atoms with van der Waals surface area (Å²) in [5.41, 5.74) is 0. The van der Waals surface area contributed by atoms with E-state index in [2.05, 4.69) is 0 Å². The summed E-state index contributed by atoms with van der Waals surface area (Å²) < 4.78 is 0. The Balaban J connectivity index is 2.42. The third kappa shape index (κ3) is 3.22. The lowest BCUT2D eigenvalue weighted by Crippen LogP contribution is -2.33. The molecule has 0 saturated carbocycles. The topological polar surface area (TPSA) is 57.6 Å². The molecule has 15 heavy (non-hydrogen) atoms. The first-order chi connectivity index (χ1) is 7.04. The predicted octanol–water partition coefficient (Wildman–Crippen LogP) is 1.36. The van der Waals surface area contributed by atoms with Gasteiger partial charge in [-0.05, 0) is 18.8 Å². The van der Waals surface area contributed by atoms with Crippen molar-refractivity contribution in [3.8, 4) is 0 Å². The van der Waals surface area contributed by atoms with E-state index in [9.17, 15) is 9.59 Å². The Morgan fingerprint density at radius 1 is 1.53 bits per heavy atom. The van der Waals surface area contributed by atoms with Gasteiger partial charge in [0.25, 0.3) is 0 Å². The van der Waals surface area contributed by atoms with Crippen molar-refractivity contribution < 1.29 is 14.7 Å². The molecule has 0 radical (unpaired) electrons.